The number of hydrogen-bond acceptors (Lipinski definition) is 3. The highest BCUT2D eigenvalue weighted by molar-refractivity contribution is 5.69. The van der Waals surface area contributed by atoms with Crippen LogP contribution in [0.3, 0.4) is 0 Å². The SMILES string of the molecule is CC(C)(C)OC(=O)N1C[C@]2(C[C@H]1CN)CC2(F)F. The Morgan fingerprint density at radius 3 is 2.44 bits per heavy atom. The van der Waals surface area contributed by atoms with Crippen molar-refractivity contribution in [2.45, 2.75) is 51.2 Å². The number of carbonyl (C=O) groups excluding carboxylic acids is 1. The molecule has 0 aromatic carbocycles. The molecule has 1 heterocycles. The van der Waals surface area contributed by atoms with Crippen LogP contribution < -0.4 is 5.73 Å². The Balaban J connectivity index is 2.07. The van der Waals surface area contributed by atoms with E-state index in [-0.39, 0.29) is 32.0 Å². The minimum atomic E-state index is -2.66. The van der Waals surface area contributed by atoms with Crippen LogP contribution in [0.25, 0.3) is 0 Å². The second-order valence-electron chi connectivity index (χ2n) is 6.36. The van der Waals surface area contributed by atoms with Gasteiger partial charge in [-0.2, -0.15) is 0 Å². The molecule has 4 nitrogen and oxygen atoms in total. The van der Waals surface area contributed by atoms with Crippen LogP contribution in [0.5, 0.6) is 0 Å². The Bertz CT molecular complexity index is 368. The van der Waals surface area contributed by atoms with Crippen molar-refractivity contribution >= 4 is 6.09 Å². The second-order valence-corrected chi connectivity index (χ2v) is 6.36. The molecule has 1 aliphatic carbocycles. The van der Waals surface area contributed by atoms with Crippen LogP contribution in [0.1, 0.15) is 33.6 Å². The number of likely N-dealkylation sites (tertiary alicyclic amines) is 1. The van der Waals surface area contributed by atoms with E-state index in [4.69, 9.17) is 10.5 Å². The Morgan fingerprint density at radius 2 is 2.06 bits per heavy atom. The summed E-state index contributed by atoms with van der Waals surface area (Å²) in [4.78, 5) is 13.3. The summed E-state index contributed by atoms with van der Waals surface area (Å²) in [5.74, 6) is -2.66. The van der Waals surface area contributed by atoms with Gasteiger partial charge in [0.2, 0.25) is 0 Å². The highest BCUT2D eigenvalue weighted by atomic mass is 19.3. The van der Waals surface area contributed by atoms with Gasteiger partial charge in [0, 0.05) is 25.6 Å². The number of nitrogens with zero attached hydrogens (tertiary/aromatic N) is 1. The summed E-state index contributed by atoms with van der Waals surface area (Å²) in [7, 11) is 0. The number of nitrogens with two attached hydrogens (primary N) is 1. The molecule has 2 rings (SSSR count). The monoisotopic (exact) mass is 262 g/mol. The number of alkyl halides is 2. The summed E-state index contributed by atoms with van der Waals surface area (Å²) in [6, 6.07) is -0.340. The summed E-state index contributed by atoms with van der Waals surface area (Å²) in [6.07, 6.45) is -0.413. The normalized spacial score (nSPS) is 33.9. The molecule has 1 saturated carbocycles. The second kappa shape index (κ2) is 3.79. The van der Waals surface area contributed by atoms with E-state index in [1.807, 2.05) is 0 Å². The molecular formula is C12H20F2N2O2. The maximum atomic E-state index is 13.4. The van der Waals surface area contributed by atoms with Gasteiger partial charge in [0.25, 0.3) is 5.92 Å². The summed E-state index contributed by atoms with van der Waals surface area (Å²) in [6.45, 7) is 5.49. The van der Waals surface area contributed by atoms with Gasteiger partial charge in [0.15, 0.2) is 0 Å². The van der Waals surface area contributed by atoms with Gasteiger partial charge in [0.05, 0.1) is 5.41 Å². The number of halogens is 2. The van der Waals surface area contributed by atoms with E-state index in [1.165, 1.54) is 4.90 Å². The van der Waals surface area contributed by atoms with Crippen molar-refractivity contribution in [3.8, 4) is 0 Å². The maximum absolute atomic E-state index is 13.4. The fourth-order valence-corrected chi connectivity index (χ4v) is 2.60. The number of ether oxygens (including phenoxy) is 1. The highest BCUT2D eigenvalue weighted by Crippen LogP contribution is 2.66. The summed E-state index contributed by atoms with van der Waals surface area (Å²) >= 11 is 0. The van der Waals surface area contributed by atoms with Crippen LogP contribution in [-0.4, -0.2) is 41.6 Å². The first-order chi connectivity index (χ1) is 8.10. The lowest BCUT2D eigenvalue weighted by molar-refractivity contribution is 0.0203. The maximum Gasteiger partial charge on any atom is 0.410 e. The van der Waals surface area contributed by atoms with E-state index in [0.717, 1.165) is 0 Å². The van der Waals surface area contributed by atoms with Crippen molar-refractivity contribution in [2.75, 3.05) is 13.1 Å². The first-order valence-corrected chi connectivity index (χ1v) is 6.18. The van der Waals surface area contributed by atoms with E-state index in [2.05, 4.69) is 0 Å². The van der Waals surface area contributed by atoms with Gasteiger partial charge < -0.3 is 15.4 Å². The molecule has 104 valence electrons. The molecule has 18 heavy (non-hydrogen) atoms. The number of amides is 1. The molecule has 6 heteroatoms. The third-order valence-corrected chi connectivity index (χ3v) is 3.65. The Hall–Kier alpha value is -0.910. The van der Waals surface area contributed by atoms with Gasteiger partial charge in [-0.3, -0.25) is 0 Å². The Labute approximate surface area is 105 Å². The van der Waals surface area contributed by atoms with Gasteiger partial charge in [-0.05, 0) is 27.2 Å². The minimum absolute atomic E-state index is 0.0524. The van der Waals surface area contributed by atoms with Crippen molar-refractivity contribution in [1.82, 2.24) is 4.90 Å². The van der Waals surface area contributed by atoms with Gasteiger partial charge >= 0.3 is 6.09 Å². The first kappa shape index (κ1) is 13.5. The van der Waals surface area contributed by atoms with Crippen molar-refractivity contribution < 1.29 is 18.3 Å². The molecule has 1 aliphatic heterocycles. The van der Waals surface area contributed by atoms with E-state index in [1.54, 1.807) is 20.8 Å². The zero-order chi connectivity index (χ0) is 13.8. The summed E-state index contributed by atoms with van der Waals surface area (Å²) < 4.78 is 31.9. The Kier molecular flexibility index (Phi) is 2.85. The zero-order valence-electron chi connectivity index (χ0n) is 11.0. The van der Waals surface area contributed by atoms with Crippen molar-refractivity contribution in [1.29, 1.82) is 0 Å². The van der Waals surface area contributed by atoms with Crippen LogP contribution in [0.15, 0.2) is 0 Å². The third-order valence-electron chi connectivity index (χ3n) is 3.65. The molecule has 0 bridgehead atoms. The lowest BCUT2D eigenvalue weighted by Crippen LogP contribution is -2.43. The van der Waals surface area contributed by atoms with E-state index >= 15 is 0 Å². The van der Waals surface area contributed by atoms with Crippen molar-refractivity contribution in [3.63, 3.8) is 0 Å². The van der Waals surface area contributed by atoms with E-state index in [9.17, 15) is 13.6 Å². The van der Waals surface area contributed by atoms with Crippen LogP contribution in [0.4, 0.5) is 13.6 Å². The molecule has 1 amide bonds. The first-order valence-electron chi connectivity index (χ1n) is 6.18. The molecule has 2 atom stereocenters. The molecule has 0 aromatic heterocycles. The van der Waals surface area contributed by atoms with E-state index in [0.29, 0.717) is 0 Å². The average molecular weight is 262 g/mol. The molecule has 0 aromatic rings. The lowest BCUT2D eigenvalue weighted by atomic mass is 10.0. The largest absolute Gasteiger partial charge is 0.444 e. The number of carbonyl (C=O) groups is 1. The number of hydrogen-bond donors (Lipinski definition) is 1. The molecule has 2 fully saturated rings. The Morgan fingerprint density at radius 1 is 1.50 bits per heavy atom. The van der Waals surface area contributed by atoms with Gasteiger partial charge in [-0.1, -0.05) is 0 Å². The quantitative estimate of drug-likeness (QED) is 0.786. The third kappa shape index (κ3) is 2.18. The predicted molar refractivity (Wildman–Crippen MR) is 62.4 cm³/mol. The molecular weight excluding hydrogens is 242 g/mol. The molecule has 1 saturated heterocycles. The zero-order valence-corrected chi connectivity index (χ0v) is 11.0. The molecule has 0 unspecified atom stereocenters. The fraction of sp³-hybridized carbons (Fsp3) is 0.917. The van der Waals surface area contributed by atoms with Crippen molar-refractivity contribution in [3.05, 3.63) is 0 Å². The van der Waals surface area contributed by atoms with Crippen LogP contribution in [0, 0.1) is 5.41 Å². The summed E-state index contributed by atoms with van der Waals surface area (Å²) in [5.41, 5.74) is 3.89. The van der Waals surface area contributed by atoms with E-state index < -0.39 is 23.0 Å². The fourth-order valence-electron chi connectivity index (χ4n) is 2.60. The van der Waals surface area contributed by atoms with Gasteiger partial charge in [-0.15, -0.1) is 0 Å². The summed E-state index contributed by atoms with van der Waals surface area (Å²) in [5, 5.41) is 0. The smallest absolute Gasteiger partial charge is 0.410 e. The van der Waals surface area contributed by atoms with Gasteiger partial charge in [0.1, 0.15) is 5.60 Å². The predicted octanol–water partition coefficient (Wildman–Crippen LogP) is 1.98. The number of rotatable bonds is 1. The molecule has 2 aliphatic rings. The topological polar surface area (TPSA) is 55.6 Å². The lowest BCUT2D eigenvalue weighted by Gasteiger charge is -2.27. The highest BCUT2D eigenvalue weighted by Gasteiger charge is 2.74. The van der Waals surface area contributed by atoms with Gasteiger partial charge in [-0.25, -0.2) is 13.6 Å². The van der Waals surface area contributed by atoms with Crippen LogP contribution >= 0.6 is 0 Å². The molecule has 1 spiro atoms. The average Bonchev–Trinajstić information content (AvgIpc) is 2.54. The molecule has 2 N–H and O–H groups in total. The molecule has 0 radical (unpaired) electrons. The minimum Gasteiger partial charge on any atom is -0.444 e. The standard InChI is InChI=1S/C12H20F2N2O2/c1-10(2,3)18-9(17)16-7-11(4-8(16)5-15)6-12(11,13)14/h8H,4-7,15H2,1-3H3/t8-,11-/m0/s1. The van der Waals surface area contributed by atoms with Crippen molar-refractivity contribution in [2.24, 2.45) is 11.1 Å². The van der Waals surface area contributed by atoms with Crippen LogP contribution in [-0.2, 0) is 4.74 Å². The van der Waals surface area contributed by atoms with Crippen LogP contribution in [0.2, 0.25) is 0 Å².